The Hall–Kier alpha value is -2.28. The van der Waals surface area contributed by atoms with Gasteiger partial charge in [-0.15, -0.1) is 0 Å². The summed E-state index contributed by atoms with van der Waals surface area (Å²) in [5.74, 6) is 0.339. The van der Waals surface area contributed by atoms with Gasteiger partial charge >= 0.3 is 5.97 Å². The lowest BCUT2D eigenvalue weighted by Crippen LogP contribution is -2.48. The van der Waals surface area contributed by atoms with Gasteiger partial charge in [0.05, 0.1) is 13.2 Å². The zero-order valence-electron chi connectivity index (χ0n) is 12.7. The van der Waals surface area contributed by atoms with Crippen molar-refractivity contribution < 1.29 is 28.9 Å². The second-order valence-corrected chi connectivity index (χ2v) is 5.52. The summed E-state index contributed by atoms with van der Waals surface area (Å²) in [6.07, 6.45) is -0.0294. The highest BCUT2D eigenvalue weighted by molar-refractivity contribution is 5.79. The van der Waals surface area contributed by atoms with E-state index in [0.29, 0.717) is 38.3 Å². The van der Waals surface area contributed by atoms with Crippen molar-refractivity contribution in [3.63, 3.8) is 0 Å². The predicted molar refractivity (Wildman–Crippen MR) is 79.7 cm³/mol. The number of fused-ring (bicyclic) bond motifs is 1. The van der Waals surface area contributed by atoms with E-state index >= 15 is 0 Å². The average Bonchev–Trinajstić information content (AvgIpc) is 2.59. The summed E-state index contributed by atoms with van der Waals surface area (Å²) in [4.78, 5) is 24.8. The number of aryl methyl sites for hydroxylation is 1. The van der Waals surface area contributed by atoms with Crippen molar-refractivity contribution in [2.45, 2.75) is 18.9 Å². The van der Waals surface area contributed by atoms with Gasteiger partial charge in [-0.1, -0.05) is 6.07 Å². The van der Waals surface area contributed by atoms with Gasteiger partial charge in [0.25, 0.3) is 0 Å². The minimum absolute atomic E-state index is 0.0607. The number of carboxylic acids is 1. The molecule has 3 rings (SSSR count). The van der Waals surface area contributed by atoms with Crippen molar-refractivity contribution in [1.29, 1.82) is 0 Å². The second-order valence-electron chi connectivity index (χ2n) is 5.52. The first-order valence-electron chi connectivity index (χ1n) is 7.64. The number of carbonyl (C=O) groups excluding carboxylic acids is 1. The fourth-order valence-electron chi connectivity index (χ4n) is 2.68. The summed E-state index contributed by atoms with van der Waals surface area (Å²) in [7, 11) is 0. The molecule has 0 aromatic heterocycles. The molecule has 0 saturated carbocycles. The molecule has 1 fully saturated rings. The number of aliphatic carboxylic acids is 1. The van der Waals surface area contributed by atoms with Crippen molar-refractivity contribution in [3.05, 3.63) is 23.8 Å². The summed E-state index contributed by atoms with van der Waals surface area (Å²) in [5.41, 5.74) is 0.991. The van der Waals surface area contributed by atoms with Crippen LogP contribution in [0.2, 0.25) is 0 Å². The number of rotatable bonds is 4. The van der Waals surface area contributed by atoms with Crippen LogP contribution < -0.4 is 9.47 Å². The molecule has 0 unspecified atom stereocenters. The highest BCUT2D eigenvalue weighted by Crippen LogP contribution is 2.31. The van der Waals surface area contributed by atoms with E-state index in [-0.39, 0.29) is 19.1 Å². The Morgan fingerprint density at radius 1 is 1.17 bits per heavy atom. The van der Waals surface area contributed by atoms with E-state index in [2.05, 4.69) is 0 Å². The van der Waals surface area contributed by atoms with Gasteiger partial charge in [0.2, 0.25) is 5.91 Å². The lowest BCUT2D eigenvalue weighted by molar-refractivity contribution is -0.159. The van der Waals surface area contributed by atoms with Crippen LogP contribution in [0.25, 0.3) is 0 Å². The summed E-state index contributed by atoms with van der Waals surface area (Å²) < 4.78 is 16.1. The Morgan fingerprint density at radius 2 is 1.96 bits per heavy atom. The fourth-order valence-corrected chi connectivity index (χ4v) is 2.68. The van der Waals surface area contributed by atoms with Crippen molar-refractivity contribution in [2.24, 2.45) is 0 Å². The van der Waals surface area contributed by atoms with Crippen molar-refractivity contribution in [3.8, 4) is 11.5 Å². The molecule has 0 radical (unpaired) electrons. The quantitative estimate of drug-likeness (QED) is 0.879. The maximum atomic E-state index is 12.2. The van der Waals surface area contributed by atoms with Crippen molar-refractivity contribution in [2.75, 3.05) is 32.9 Å². The van der Waals surface area contributed by atoms with Crippen molar-refractivity contribution >= 4 is 11.9 Å². The van der Waals surface area contributed by atoms with Gasteiger partial charge in [-0.3, -0.25) is 4.79 Å². The third-order valence-corrected chi connectivity index (χ3v) is 3.93. The highest BCUT2D eigenvalue weighted by Gasteiger charge is 2.28. The molecular weight excluding hydrogens is 302 g/mol. The molecule has 7 heteroatoms. The van der Waals surface area contributed by atoms with Gasteiger partial charge in [0.15, 0.2) is 17.6 Å². The third kappa shape index (κ3) is 3.73. The lowest BCUT2D eigenvalue weighted by atomic mass is 10.1. The van der Waals surface area contributed by atoms with E-state index in [1.165, 1.54) is 0 Å². The minimum Gasteiger partial charge on any atom is -0.486 e. The van der Waals surface area contributed by atoms with Crippen LogP contribution >= 0.6 is 0 Å². The van der Waals surface area contributed by atoms with E-state index in [1.807, 2.05) is 18.2 Å². The molecule has 0 spiro atoms. The average molecular weight is 321 g/mol. The first kappa shape index (κ1) is 15.6. The largest absolute Gasteiger partial charge is 0.486 e. The molecule has 1 atom stereocenters. The van der Waals surface area contributed by atoms with Crippen LogP contribution in [0, 0.1) is 0 Å². The van der Waals surface area contributed by atoms with Crippen LogP contribution in [0.4, 0.5) is 0 Å². The van der Waals surface area contributed by atoms with Crippen LogP contribution in [0.15, 0.2) is 18.2 Å². The van der Waals surface area contributed by atoms with Gasteiger partial charge < -0.3 is 24.2 Å². The van der Waals surface area contributed by atoms with E-state index in [9.17, 15) is 9.59 Å². The first-order chi connectivity index (χ1) is 11.1. The second kappa shape index (κ2) is 6.87. The van der Waals surface area contributed by atoms with Crippen LogP contribution in [0.3, 0.4) is 0 Å². The summed E-state index contributed by atoms with van der Waals surface area (Å²) in [6, 6.07) is 5.66. The predicted octanol–water partition coefficient (Wildman–Crippen LogP) is 0.702. The maximum absolute atomic E-state index is 12.2. The van der Waals surface area contributed by atoms with Gasteiger partial charge in [-0.2, -0.15) is 0 Å². The summed E-state index contributed by atoms with van der Waals surface area (Å²) in [5, 5.41) is 8.97. The van der Waals surface area contributed by atoms with Gasteiger partial charge in [-0.25, -0.2) is 4.79 Å². The number of amides is 1. The minimum atomic E-state index is -1.03. The number of benzene rings is 1. The Morgan fingerprint density at radius 3 is 2.74 bits per heavy atom. The summed E-state index contributed by atoms with van der Waals surface area (Å²) in [6.45, 7) is 1.87. The zero-order valence-corrected chi connectivity index (χ0v) is 12.7. The van der Waals surface area contributed by atoms with Crippen molar-refractivity contribution in [1.82, 2.24) is 4.90 Å². The number of hydrogen-bond donors (Lipinski definition) is 1. The van der Waals surface area contributed by atoms with Gasteiger partial charge in [0, 0.05) is 13.0 Å². The Labute approximate surface area is 133 Å². The number of morpholine rings is 1. The molecule has 23 heavy (non-hydrogen) atoms. The van der Waals surface area contributed by atoms with E-state index < -0.39 is 12.1 Å². The topological polar surface area (TPSA) is 85.3 Å². The molecule has 1 amide bonds. The van der Waals surface area contributed by atoms with Crippen LogP contribution in [-0.4, -0.2) is 60.9 Å². The Balaban J connectivity index is 1.55. The molecule has 2 heterocycles. The number of ether oxygens (including phenoxy) is 3. The monoisotopic (exact) mass is 321 g/mol. The maximum Gasteiger partial charge on any atom is 0.334 e. The fraction of sp³-hybridized carbons (Fsp3) is 0.500. The number of nitrogens with zero attached hydrogens (tertiary/aromatic N) is 1. The first-order valence-corrected chi connectivity index (χ1v) is 7.64. The summed E-state index contributed by atoms with van der Waals surface area (Å²) >= 11 is 0. The molecule has 1 N–H and O–H groups in total. The van der Waals surface area contributed by atoms with Crippen LogP contribution in [0.1, 0.15) is 12.0 Å². The molecule has 2 aliphatic heterocycles. The number of carboxylic acid groups (broad SMARTS) is 1. The van der Waals surface area contributed by atoms with E-state index in [0.717, 1.165) is 11.3 Å². The smallest absolute Gasteiger partial charge is 0.334 e. The van der Waals surface area contributed by atoms with E-state index in [4.69, 9.17) is 19.3 Å². The molecular formula is C16H19NO6. The SMILES string of the molecule is O=C(O)[C@@H]1CN(C(=O)CCc2ccc3c(c2)OCCO3)CCO1. The van der Waals surface area contributed by atoms with Crippen LogP contribution in [-0.2, 0) is 20.7 Å². The zero-order chi connectivity index (χ0) is 16.2. The van der Waals surface area contributed by atoms with Crippen LogP contribution in [0.5, 0.6) is 11.5 Å². The normalized spacial score (nSPS) is 20.2. The lowest BCUT2D eigenvalue weighted by Gasteiger charge is -2.31. The molecule has 2 aliphatic rings. The molecule has 1 saturated heterocycles. The third-order valence-electron chi connectivity index (χ3n) is 3.93. The number of carbonyl (C=O) groups is 2. The highest BCUT2D eigenvalue weighted by atomic mass is 16.6. The standard InChI is InChI=1S/C16H19NO6/c18-15(17-5-6-21-14(10-17)16(19)20)4-2-11-1-3-12-13(9-11)23-8-7-22-12/h1,3,9,14H,2,4-8,10H2,(H,19,20)/t14-/m0/s1. The molecule has 1 aromatic rings. The Bertz CT molecular complexity index is 602. The molecule has 7 nitrogen and oxygen atoms in total. The van der Waals surface area contributed by atoms with Gasteiger partial charge in [-0.05, 0) is 24.1 Å². The van der Waals surface area contributed by atoms with Gasteiger partial charge in [0.1, 0.15) is 13.2 Å². The molecule has 0 aliphatic carbocycles. The molecule has 124 valence electrons. The Kier molecular flexibility index (Phi) is 4.66. The van der Waals surface area contributed by atoms with E-state index in [1.54, 1.807) is 4.90 Å². The molecule has 1 aromatic carbocycles. The molecule has 0 bridgehead atoms. The number of hydrogen-bond acceptors (Lipinski definition) is 5.